The molecule has 0 bridgehead atoms. The first kappa shape index (κ1) is 37.4. The summed E-state index contributed by atoms with van der Waals surface area (Å²) in [5.74, 6) is -0.623. The second kappa shape index (κ2) is 16.2. The Balaban J connectivity index is 0.980. The van der Waals surface area contributed by atoms with E-state index in [-0.39, 0.29) is 27.2 Å². The lowest BCUT2D eigenvalue weighted by Crippen LogP contribution is -2.54. The molecule has 1 amide bonds. The fourth-order valence-corrected chi connectivity index (χ4v) is 8.99. The number of carbonyl (C=O) groups is 1. The standard InChI is InChI=1S/C40H37ClFN5O5S2/c41-35-15-11-27(23-36(35)42)34-9-5-4-6-30(34)25-45-19-20-46-31(26-45)13-10-28-22-29(12-17-38(28)46)40(48)44-54(51,52)33-14-16-37(39(24-33)47(49)50)43-18-21-53-32-7-2-1-3-8-32/h1-9,11-12,14-17,22-24,31,43H,10,13,18-21,25-26H2,(H,44,48)/t31-/m0/s1. The minimum Gasteiger partial charge on any atom is -0.379 e. The molecule has 1 atom stereocenters. The Morgan fingerprint density at radius 1 is 0.963 bits per heavy atom. The number of thioether (sulfide) groups is 1. The van der Waals surface area contributed by atoms with E-state index in [9.17, 15) is 27.7 Å². The van der Waals surface area contributed by atoms with Crippen molar-refractivity contribution in [3.05, 3.63) is 147 Å². The summed E-state index contributed by atoms with van der Waals surface area (Å²) in [4.78, 5) is 29.9. The van der Waals surface area contributed by atoms with Crippen molar-refractivity contribution in [1.82, 2.24) is 9.62 Å². The second-order valence-electron chi connectivity index (χ2n) is 13.2. The summed E-state index contributed by atoms with van der Waals surface area (Å²) in [6.07, 6.45) is 1.56. The molecule has 54 heavy (non-hydrogen) atoms. The van der Waals surface area contributed by atoms with E-state index >= 15 is 0 Å². The molecule has 1 saturated heterocycles. The molecular weight excluding hydrogens is 749 g/mol. The molecule has 0 unspecified atom stereocenters. The van der Waals surface area contributed by atoms with Crippen molar-refractivity contribution < 1.29 is 22.5 Å². The van der Waals surface area contributed by atoms with E-state index in [1.807, 2.05) is 60.7 Å². The Kier molecular flexibility index (Phi) is 11.2. The number of halogens is 2. The summed E-state index contributed by atoms with van der Waals surface area (Å²) < 4.78 is 42.9. The summed E-state index contributed by atoms with van der Waals surface area (Å²) in [6, 6.07) is 31.6. The lowest BCUT2D eigenvalue weighted by molar-refractivity contribution is -0.384. The van der Waals surface area contributed by atoms with Crippen LogP contribution in [-0.4, -0.2) is 62.1 Å². The largest absolute Gasteiger partial charge is 0.379 e. The van der Waals surface area contributed by atoms with E-state index in [0.29, 0.717) is 25.3 Å². The number of nitro groups is 1. The molecule has 0 saturated carbocycles. The summed E-state index contributed by atoms with van der Waals surface area (Å²) in [7, 11) is -4.42. The van der Waals surface area contributed by atoms with Crippen LogP contribution in [0.1, 0.15) is 27.9 Å². The van der Waals surface area contributed by atoms with Crippen LogP contribution in [0.25, 0.3) is 11.1 Å². The van der Waals surface area contributed by atoms with Crippen molar-refractivity contribution >= 4 is 56.4 Å². The molecule has 0 aromatic heterocycles. The molecular formula is C40H37ClFN5O5S2. The van der Waals surface area contributed by atoms with Gasteiger partial charge in [0.05, 0.1) is 14.8 Å². The topological polar surface area (TPSA) is 125 Å². The van der Waals surface area contributed by atoms with Gasteiger partial charge in [0.15, 0.2) is 0 Å². The van der Waals surface area contributed by atoms with Gasteiger partial charge in [-0.05, 0) is 89.7 Å². The Hall–Kier alpha value is -4.95. The molecule has 5 aromatic carbocycles. The van der Waals surface area contributed by atoms with Gasteiger partial charge in [-0.15, -0.1) is 11.8 Å². The van der Waals surface area contributed by atoms with Crippen molar-refractivity contribution in [3.8, 4) is 11.1 Å². The number of amides is 1. The first-order valence-electron chi connectivity index (χ1n) is 17.5. The fraction of sp³-hybridized carbons (Fsp3) is 0.225. The summed E-state index contributed by atoms with van der Waals surface area (Å²) in [5, 5.41) is 15.0. The average molecular weight is 786 g/mol. The highest BCUT2D eigenvalue weighted by Gasteiger charge is 2.33. The summed E-state index contributed by atoms with van der Waals surface area (Å²) in [6.45, 7) is 3.52. The molecule has 0 aliphatic carbocycles. The van der Waals surface area contributed by atoms with Crippen LogP contribution in [0.2, 0.25) is 5.02 Å². The zero-order valence-electron chi connectivity index (χ0n) is 29.1. The molecule has 2 aliphatic heterocycles. The lowest BCUT2D eigenvalue weighted by Gasteiger charge is -2.46. The number of benzene rings is 5. The predicted octanol–water partition coefficient (Wildman–Crippen LogP) is 8.01. The molecule has 0 spiro atoms. The monoisotopic (exact) mass is 785 g/mol. The first-order chi connectivity index (χ1) is 26.1. The first-order valence-corrected chi connectivity index (χ1v) is 20.3. The van der Waals surface area contributed by atoms with E-state index in [0.717, 1.165) is 65.0 Å². The van der Waals surface area contributed by atoms with E-state index in [2.05, 4.69) is 25.9 Å². The lowest BCUT2D eigenvalue weighted by atomic mass is 9.92. The van der Waals surface area contributed by atoms with Gasteiger partial charge in [0.1, 0.15) is 11.5 Å². The molecule has 1 fully saturated rings. The van der Waals surface area contributed by atoms with E-state index in [4.69, 9.17) is 11.6 Å². The van der Waals surface area contributed by atoms with Crippen LogP contribution < -0.4 is 14.9 Å². The maximum Gasteiger partial charge on any atom is 0.293 e. The number of nitro benzene ring substituents is 1. The maximum absolute atomic E-state index is 14.3. The normalized spacial score (nSPS) is 15.6. The summed E-state index contributed by atoms with van der Waals surface area (Å²) >= 11 is 7.52. The number of hydrogen-bond donors (Lipinski definition) is 2. The van der Waals surface area contributed by atoms with Crippen LogP contribution in [0.3, 0.4) is 0 Å². The van der Waals surface area contributed by atoms with Crippen LogP contribution in [0, 0.1) is 15.9 Å². The van der Waals surface area contributed by atoms with Gasteiger partial charge in [0, 0.05) is 66.7 Å². The maximum atomic E-state index is 14.3. The van der Waals surface area contributed by atoms with Gasteiger partial charge in [-0.3, -0.25) is 19.8 Å². The van der Waals surface area contributed by atoms with Crippen molar-refractivity contribution in [3.63, 3.8) is 0 Å². The van der Waals surface area contributed by atoms with Gasteiger partial charge in [0.25, 0.3) is 21.6 Å². The molecule has 2 heterocycles. The number of fused-ring (bicyclic) bond motifs is 3. The average Bonchev–Trinajstić information content (AvgIpc) is 3.17. The van der Waals surface area contributed by atoms with Crippen molar-refractivity contribution in [1.29, 1.82) is 0 Å². The Morgan fingerprint density at radius 2 is 1.76 bits per heavy atom. The van der Waals surface area contributed by atoms with Crippen LogP contribution in [-0.2, 0) is 23.0 Å². The van der Waals surface area contributed by atoms with Gasteiger partial charge in [0.2, 0.25) is 0 Å². The molecule has 0 radical (unpaired) electrons. The third-order valence-corrected chi connectivity index (χ3v) is 12.4. The number of hydrogen-bond acceptors (Lipinski definition) is 9. The molecule has 2 N–H and O–H groups in total. The third-order valence-electron chi connectivity index (χ3n) is 9.74. The molecule has 5 aromatic rings. The van der Waals surface area contributed by atoms with Crippen LogP contribution >= 0.6 is 23.4 Å². The van der Waals surface area contributed by atoms with Gasteiger partial charge >= 0.3 is 0 Å². The highest BCUT2D eigenvalue weighted by Crippen LogP contribution is 2.35. The van der Waals surface area contributed by atoms with Gasteiger partial charge in [-0.25, -0.2) is 17.5 Å². The van der Waals surface area contributed by atoms with Crippen LogP contribution in [0.4, 0.5) is 21.5 Å². The Labute approximate surface area is 322 Å². The SMILES string of the molecule is O=C(NS(=O)(=O)c1ccc(NCCSc2ccccc2)c([N+](=O)[O-])c1)c1ccc2c(c1)CC[C@H]1CN(Cc3ccccc3-c3ccc(Cl)c(F)c3)CCN21. The molecule has 278 valence electrons. The Bertz CT molecular complexity index is 2310. The van der Waals surface area contributed by atoms with Crippen molar-refractivity contribution in [2.75, 3.05) is 42.1 Å². The van der Waals surface area contributed by atoms with Crippen molar-refractivity contribution in [2.45, 2.75) is 35.2 Å². The Morgan fingerprint density at radius 3 is 2.56 bits per heavy atom. The minimum atomic E-state index is -4.42. The number of nitrogens with zero attached hydrogens (tertiary/aromatic N) is 3. The number of rotatable bonds is 12. The third kappa shape index (κ3) is 8.39. The quantitative estimate of drug-likeness (QED) is 0.0560. The van der Waals surface area contributed by atoms with Gasteiger partial charge in [-0.1, -0.05) is 60.1 Å². The van der Waals surface area contributed by atoms with Crippen LogP contribution in [0.15, 0.2) is 119 Å². The summed E-state index contributed by atoms with van der Waals surface area (Å²) in [5.41, 5.74) is 4.79. The van der Waals surface area contributed by atoms with Gasteiger partial charge in [-0.2, -0.15) is 0 Å². The second-order valence-corrected chi connectivity index (χ2v) is 16.5. The number of nitrogens with one attached hydrogen (secondary N) is 2. The molecule has 14 heteroatoms. The number of sulfonamides is 1. The van der Waals surface area contributed by atoms with Crippen LogP contribution in [0.5, 0.6) is 0 Å². The molecule has 7 rings (SSSR count). The predicted molar refractivity (Wildman–Crippen MR) is 211 cm³/mol. The molecule has 2 aliphatic rings. The zero-order valence-corrected chi connectivity index (χ0v) is 31.5. The number of piperazine rings is 1. The van der Waals surface area contributed by atoms with Crippen molar-refractivity contribution in [2.24, 2.45) is 0 Å². The minimum absolute atomic E-state index is 0.0930. The highest BCUT2D eigenvalue weighted by molar-refractivity contribution is 7.99. The van der Waals surface area contributed by atoms with Gasteiger partial charge < -0.3 is 10.2 Å². The van der Waals surface area contributed by atoms with E-state index in [1.165, 1.54) is 18.2 Å². The van der Waals surface area contributed by atoms with E-state index in [1.54, 1.807) is 30.0 Å². The number of aryl methyl sites for hydroxylation is 1. The molecule has 10 nitrogen and oxygen atoms in total. The highest BCUT2D eigenvalue weighted by atomic mass is 35.5. The number of carbonyl (C=O) groups excluding carboxylic acids is 1. The van der Waals surface area contributed by atoms with E-state index < -0.39 is 32.4 Å². The fourth-order valence-electron chi connectivity index (χ4n) is 7.09. The number of anilines is 2. The zero-order chi connectivity index (χ0) is 37.8. The smallest absolute Gasteiger partial charge is 0.293 e.